The van der Waals surface area contributed by atoms with Crippen molar-refractivity contribution in [2.75, 3.05) is 0 Å². The summed E-state index contributed by atoms with van der Waals surface area (Å²) in [4.78, 5) is 0. The molecule has 2 heteroatoms. The molecule has 0 saturated heterocycles. The summed E-state index contributed by atoms with van der Waals surface area (Å²) in [5, 5.41) is 4.99. The summed E-state index contributed by atoms with van der Waals surface area (Å²) in [5.74, 6) is 1.01. The molecule has 0 amide bonds. The molecule has 2 aromatic rings. The summed E-state index contributed by atoms with van der Waals surface area (Å²) >= 11 is 0. The van der Waals surface area contributed by atoms with E-state index in [-0.39, 0.29) is 0 Å². The molecule has 1 aromatic heterocycles. The van der Waals surface area contributed by atoms with Crippen molar-refractivity contribution in [2.45, 2.75) is 39.5 Å². The molecule has 80 valence electrons. The lowest BCUT2D eigenvalue weighted by molar-refractivity contribution is 0.453. The lowest BCUT2D eigenvalue weighted by Gasteiger charge is -2.11. The Morgan fingerprint density at radius 1 is 1.07 bits per heavy atom. The van der Waals surface area contributed by atoms with Gasteiger partial charge < -0.3 is 4.52 Å². The molecule has 0 aliphatic heterocycles. The van der Waals surface area contributed by atoms with Gasteiger partial charge in [-0.2, -0.15) is 0 Å². The van der Waals surface area contributed by atoms with E-state index in [2.05, 4.69) is 45.0 Å². The average Bonchev–Trinajstić information content (AvgIpc) is 2.62. The first-order valence-corrected chi connectivity index (χ1v) is 5.48. The second kappa shape index (κ2) is 3.69. The highest BCUT2D eigenvalue weighted by atomic mass is 16.5. The van der Waals surface area contributed by atoms with E-state index in [1.54, 1.807) is 6.20 Å². The molecule has 0 N–H and O–H groups in total. The van der Waals surface area contributed by atoms with E-state index in [1.807, 2.05) is 0 Å². The number of hydrogen-bond donors (Lipinski definition) is 0. The highest BCUT2D eigenvalue weighted by Crippen LogP contribution is 2.29. The first-order chi connectivity index (χ1) is 7.09. The smallest absolute Gasteiger partial charge is 0.170 e. The quantitative estimate of drug-likeness (QED) is 0.735. The van der Waals surface area contributed by atoms with Crippen molar-refractivity contribution in [3.8, 4) is 0 Å². The van der Waals surface area contributed by atoms with Gasteiger partial charge in [0.05, 0.1) is 6.20 Å². The Hall–Kier alpha value is -1.31. The van der Waals surface area contributed by atoms with Crippen LogP contribution in [0.15, 0.2) is 22.9 Å². The second-order valence-electron chi connectivity index (χ2n) is 4.66. The zero-order valence-corrected chi connectivity index (χ0v) is 9.74. The number of aromatic nitrogens is 1. The van der Waals surface area contributed by atoms with Crippen LogP contribution in [0.2, 0.25) is 0 Å². The van der Waals surface area contributed by atoms with Crippen molar-refractivity contribution < 1.29 is 4.52 Å². The Kier molecular flexibility index (Phi) is 2.51. The minimum Gasteiger partial charge on any atom is -0.356 e. The molecular formula is C13H17NO. The fraction of sp³-hybridized carbons (Fsp3) is 0.462. The van der Waals surface area contributed by atoms with E-state index in [0.29, 0.717) is 11.8 Å². The molecule has 1 aromatic carbocycles. The van der Waals surface area contributed by atoms with Crippen LogP contribution in [0.1, 0.15) is 50.7 Å². The molecule has 0 fully saturated rings. The monoisotopic (exact) mass is 203 g/mol. The third-order valence-electron chi connectivity index (χ3n) is 2.79. The first kappa shape index (κ1) is 10.2. The van der Waals surface area contributed by atoms with Crippen molar-refractivity contribution in [3.05, 3.63) is 29.5 Å². The number of rotatable bonds is 2. The van der Waals surface area contributed by atoms with Crippen LogP contribution in [0, 0.1) is 0 Å². The Labute approximate surface area is 90.3 Å². The Bertz CT molecular complexity index is 468. The summed E-state index contributed by atoms with van der Waals surface area (Å²) < 4.78 is 5.30. The lowest BCUT2D eigenvalue weighted by Crippen LogP contribution is -1.93. The van der Waals surface area contributed by atoms with Gasteiger partial charge in [-0.05, 0) is 23.5 Å². The van der Waals surface area contributed by atoms with Gasteiger partial charge in [0.25, 0.3) is 0 Å². The van der Waals surface area contributed by atoms with Crippen LogP contribution >= 0.6 is 0 Å². The van der Waals surface area contributed by atoms with E-state index in [4.69, 9.17) is 4.52 Å². The number of benzene rings is 1. The molecule has 0 bridgehead atoms. The molecule has 0 radical (unpaired) electrons. The fourth-order valence-corrected chi connectivity index (χ4v) is 1.80. The van der Waals surface area contributed by atoms with Gasteiger partial charge in [0.15, 0.2) is 5.58 Å². The van der Waals surface area contributed by atoms with Gasteiger partial charge in [0, 0.05) is 10.9 Å². The van der Waals surface area contributed by atoms with Crippen molar-refractivity contribution >= 4 is 11.0 Å². The molecular weight excluding hydrogens is 186 g/mol. The van der Waals surface area contributed by atoms with Crippen LogP contribution in [0.25, 0.3) is 11.0 Å². The van der Waals surface area contributed by atoms with E-state index >= 15 is 0 Å². The van der Waals surface area contributed by atoms with Crippen molar-refractivity contribution in [1.29, 1.82) is 0 Å². The largest absolute Gasteiger partial charge is 0.356 e. The third kappa shape index (κ3) is 1.76. The van der Waals surface area contributed by atoms with Crippen molar-refractivity contribution in [1.82, 2.24) is 5.16 Å². The topological polar surface area (TPSA) is 26.0 Å². The molecule has 2 rings (SSSR count). The molecule has 1 heterocycles. The van der Waals surface area contributed by atoms with E-state index in [0.717, 1.165) is 11.0 Å². The molecule has 0 saturated carbocycles. The predicted octanol–water partition coefficient (Wildman–Crippen LogP) is 4.07. The van der Waals surface area contributed by atoms with Crippen LogP contribution in [-0.4, -0.2) is 5.16 Å². The standard InChI is InChI=1S/C13H17NO/c1-8(2)10-5-11-7-14-15-13(11)12(6-10)9(3)4/h5-9H,1-4H3. The minimum atomic E-state index is 0.471. The van der Waals surface area contributed by atoms with Crippen LogP contribution in [0.5, 0.6) is 0 Å². The van der Waals surface area contributed by atoms with Gasteiger partial charge in [0.1, 0.15) is 0 Å². The summed E-state index contributed by atoms with van der Waals surface area (Å²) in [6.07, 6.45) is 1.80. The van der Waals surface area contributed by atoms with Crippen molar-refractivity contribution in [3.63, 3.8) is 0 Å². The molecule has 0 spiro atoms. The highest BCUT2D eigenvalue weighted by Gasteiger charge is 2.12. The Morgan fingerprint density at radius 2 is 1.80 bits per heavy atom. The van der Waals surface area contributed by atoms with Crippen LogP contribution in [0.4, 0.5) is 0 Å². The van der Waals surface area contributed by atoms with Gasteiger partial charge in [0.2, 0.25) is 0 Å². The summed E-state index contributed by atoms with van der Waals surface area (Å²) in [5.41, 5.74) is 3.55. The minimum absolute atomic E-state index is 0.471. The molecule has 0 aliphatic rings. The van der Waals surface area contributed by atoms with Crippen LogP contribution < -0.4 is 0 Å². The molecule has 0 atom stereocenters. The van der Waals surface area contributed by atoms with E-state index in [1.165, 1.54) is 11.1 Å². The predicted molar refractivity (Wildman–Crippen MR) is 62.2 cm³/mol. The zero-order valence-electron chi connectivity index (χ0n) is 9.74. The first-order valence-electron chi connectivity index (χ1n) is 5.48. The van der Waals surface area contributed by atoms with E-state index in [9.17, 15) is 0 Å². The van der Waals surface area contributed by atoms with Crippen LogP contribution in [-0.2, 0) is 0 Å². The third-order valence-corrected chi connectivity index (χ3v) is 2.79. The Balaban J connectivity index is 2.69. The molecule has 15 heavy (non-hydrogen) atoms. The molecule has 0 aliphatic carbocycles. The Morgan fingerprint density at radius 3 is 2.40 bits per heavy atom. The van der Waals surface area contributed by atoms with Gasteiger partial charge in [-0.1, -0.05) is 38.9 Å². The summed E-state index contributed by atoms with van der Waals surface area (Å²) in [7, 11) is 0. The molecule has 2 nitrogen and oxygen atoms in total. The number of nitrogens with zero attached hydrogens (tertiary/aromatic N) is 1. The van der Waals surface area contributed by atoms with Gasteiger partial charge in [-0.15, -0.1) is 0 Å². The SMILES string of the molecule is CC(C)c1cc(C(C)C)c2oncc2c1. The number of fused-ring (bicyclic) bond motifs is 1. The summed E-state index contributed by atoms with van der Waals surface area (Å²) in [6.45, 7) is 8.78. The maximum Gasteiger partial charge on any atom is 0.170 e. The number of hydrogen-bond acceptors (Lipinski definition) is 2. The highest BCUT2D eigenvalue weighted by molar-refractivity contribution is 5.80. The van der Waals surface area contributed by atoms with Gasteiger partial charge in [-0.25, -0.2) is 0 Å². The maximum atomic E-state index is 5.30. The van der Waals surface area contributed by atoms with E-state index < -0.39 is 0 Å². The average molecular weight is 203 g/mol. The van der Waals surface area contributed by atoms with Crippen molar-refractivity contribution in [2.24, 2.45) is 0 Å². The van der Waals surface area contributed by atoms with Gasteiger partial charge >= 0.3 is 0 Å². The lowest BCUT2D eigenvalue weighted by atomic mass is 9.94. The fourth-order valence-electron chi connectivity index (χ4n) is 1.80. The maximum absolute atomic E-state index is 5.30. The zero-order chi connectivity index (χ0) is 11.0. The van der Waals surface area contributed by atoms with Gasteiger partial charge in [-0.3, -0.25) is 0 Å². The van der Waals surface area contributed by atoms with Crippen LogP contribution in [0.3, 0.4) is 0 Å². The summed E-state index contributed by atoms with van der Waals surface area (Å²) in [6, 6.07) is 4.41. The molecule has 0 unspecified atom stereocenters. The second-order valence-corrected chi connectivity index (χ2v) is 4.66. The normalized spacial score (nSPS) is 11.9.